The molecule has 0 aliphatic heterocycles. The Morgan fingerprint density at radius 2 is 1.81 bits per heavy atom. The number of phenols is 2. The van der Waals surface area contributed by atoms with E-state index in [9.17, 15) is 35.0 Å². The van der Waals surface area contributed by atoms with Gasteiger partial charge in [-0.1, -0.05) is 0 Å². The number of carboxylic acid groups (broad SMARTS) is 1. The number of nitro groups is 1. The predicted molar refractivity (Wildman–Crippen MR) is 90.1 cm³/mol. The Morgan fingerprint density at radius 3 is 2.31 bits per heavy atom. The molecule has 0 aromatic heterocycles. The zero-order chi connectivity index (χ0) is 19.8. The number of rotatable bonds is 4. The Kier molecular flexibility index (Phi) is 4.75. The highest BCUT2D eigenvalue weighted by atomic mass is 16.6. The first-order chi connectivity index (χ1) is 11.9. The average molecular weight is 363 g/mol. The fourth-order valence-electron chi connectivity index (χ4n) is 2.32. The molecule has 0 saturated heterocycles. The van der Waals surface area contributed by atoms with Crippen LogP contribution < -0.4 is 0 Å². The van der Waals surface area contributed by atoms with E-state index in [-0.39, 0.29) is 16.3 Å². The average Bonchev–Trinajstić information content (AvgIpc) is 2.51. The van der Waals surface area contributed by atoms with Gasteiger partial charge in [0.05, 0.1) is 15.9 Å². The molecule has 0 heterocycles. The molecule has 138 valence electrons. The third kappa shape index (κ3) is 3.51. The van der Waals surface area contributed by atoms with Crippen molar-refractivity contribution in [2.75, 3.05) is 0 Å². The van der Waals surface area contributed by atoms with Crippen LogP contribution in [-0.2, 0) is 16.1 Å². The molecule has 2 aromatic carbocycles. The molecule has 0 fully saturated rings. The van der Waals surface area contributed by atoms with Crippen LogP contribution in [0.4, 0.5) is 5.69 Å². The van der Waals surface area contributed by atoms with Gasteiger partial charge < -0.3 is 20.1 Å². The largest absolute Gasteiger partial charge is 0.504 e. The molecular formula is C17H17NO8. The summed E-state index contributed by atoms with van der Waals surface area (Å²) < 4.78 is 5.08. The first kappa shape index (κ1) is 19.0. The molecular weight excluding hydrogens is 346 g/mol. The smallest absolute Gasteiger partial charge is 0.340 e. The van der Waals surface area contributed by atoms with Gasteiger partial charge in [0.15, 0.2) is 11.5 Å². The van der Waals surface area contributed by atoms with Crippen molar-refractivity contribution in [2.24, 2.45) is 5.41 Å². The van der Waals surface area contributed by atoms with Crippen LogP contribution in [0.1, 0.15) is 36.7 Å². The predicted octanol–water partition coefficient (Wildman–Crippen LogP) is 2.95. The zero-order valence-corrected chi connectivity index (χ0v) is 14.3. The van der Waals surface area contributed by atoms with E-state index in [1.165, 1.54) is 0 Å². The monoisotopic (exact) mass is 363 g/mol. The molecule has 0 unspecified atom stereocenters. The van der Waals surface area contributed by atoms with Crippen LogP contribution >= 0.6 is 0 Å². The van der Waals surface area contributed by atoms with E-state index in [4.69, 9.17) is 4.74 Å². The number of nitrogens with zero attached hydrogens (tertiary/aromatic N) is 1. The minimum atomic E-state index is -1.52. The van der Waals surface area contributed by atoms with E-state index in [1.54, 1.807) is 20.8 Å². The molecule has 0 saturated carbocycles. The topological polar surface area (TPSA) is 147 Å². The molecule has 9 nitrogen and oxygen atoms in total. The summed E-state index contributed by atoms with van der Waals surface area (Å²) in [6.07, 6.45) is 0. The number of hydrogen-bond acceptors (Lipinski definition) is 7. The normalized spacial score (nSPS) is 11.3. The van der Waals surface area contributed by atoms with Crippen LogP contribution in [0.15, 0.2) is 18.2 Å². The Bertz CT molecular complexity index is 927. The fraction of sp³-hybridized carbons (Fsp3) is 0.294. The van der Waals surface area contributed by atoms with Gasteiger partial charge in [0.25, 0.3) is 5.69 Å². The number of hydrogen-bond donors (Lipinski definition) is 3. The summed E-state index contributed by atoms with van der Waals surface area (Å²) in [7, 11) is 0. The lowest BCUT2D eigenvalue weighted by Crippen LogP contribution is -2.22. The number of benzene rings is 2. The zero-order valence-electron chi connectivity index (χ0n) is 14.3. The van der Waals surface area contributed by atoms with Crippen LogP contribution in [0.25, 0.3) is 10.8 Å². The lowest BCUT2D eigenvalue weighted by atomic mass is 9.97. The van der Waals surface area contributed by atoms with E-state index in [0.29, 0.717) is 0 Å². The number of carboxylic acids is 1. The van der Waals surface area contributed by atoms with E-state index >= 15 is 0 Å². The minimum Gasteiger partial charge on any atom is -0.504 e. The summed E-state index contributed by atoms with van der Waals surface area (Å²) in [5.74, 6) is -3.67. The number of aromatic carboxylic acids is 1. The lowest BCUT2D eigenvalue weighted by molar-refractivity contribution is -0.385. The summed E-state index contributed by atoms with van der Waals surface area (Å²) in [5.41, 5.74) is -1.85. The second kappa shape index (κ2) is 6.51. The maximum absolute atomic E-state index is 11.9. The van der Waals surface area contributed by atoms with Crippen molar-refractivity contribution in [2.45, 2.75) is 27.4 Å². The number of esters is 1. The molecule has 0 amide bonds. The number of fused-ring (bicyclic) bond motifs is 1. The Balaban J connectivity index is 2.65. The van der Waals surface area contributed by atoms with Crippen LogP contribution in [0, 0.1) is 15.5 Å². The van der Waals surface area contributed by atoms with Gasteiger partial charge in [0.2, 0.25) is 0 Å². The molecule has 26 heavy (non-hydrogen) atoms. The minimum absolute atomic E-state index is 0.0276. The van der Waals surface area contributed by atoms with Crippen molar-refractivity contribution in [3.63, 3.8) is 0 Å². The summed E-state index contributed by atoms with van der Waals surface area (Å²) in [5, 5.41) is 40.1. The third-order valence-corrected chi connectivity index (χ3v) is 3.67. The summed E-state index contributed by atoms with van der Waals surface area (Å²) in [4.78, 5) is 33.9. The molecule has 3 N–H and O–H groups in total. The second-order valence-corrected chi connectivity index (χ2v) is 6.71. The summed E-state index contributed by atoms with van der Waals surface area (Å²) >= 11 is 0. The molecule has 0 aliphatic carbocycles. The lowest BCUT2D eigenvalue weighted by Gasteiger charge is -2.17. The van der Waals surface area contributed by atoms with Gasteiger partial charge in [-0.25, -0.2) is 4.79 Å². The fourth-order valence-corrected chi connectivity index (χ4v) is 2.32. The number of carbonyl (C=O) groups excluding carboxylic acids is 1. The maximum Gasteiger partial charge on any atom is 0.340 e. The Morgan fingerprint density at radius 1 is 1.19 bits per heavy atom. The van der Waals surface area contributed by atoms with Gasteiger partial charge in [-0.2, -0.15) is 0 Å². The van der Waals surface area contributed by atoms with Crippen molar-refractivity contribution < 1.29 is 34.6 Å². The SMILES string of the molecule is CC(C)(C)C(=O)OCc1cc2c(C(=O)O)c(O)c(O)cc2cc1[N+](=O)[O-]. The number of carbonyl (C=O) groups is 2. The van der Waals surface area contributed by atoms with Gasteiger partial charge in [-0.3, -0.25) is 14.9 Å². The van der Waals surface area contributed by atoms with E-state index < -0.39 is 51.6 Å². The standard InChI is InChI=1S/C17H17NO8/c1-17(2,3)16(23)26-7-9-4-10-8(5-11(9)18(24)25)6-12(19)14(20)13(10)15(21)22/h4-6,19-20H,7H2,1-3H3,(H,21,22). The van der Waals surface area contributed by atoms with Crippen LogP contribution in [-0.4, -0.2) is 32.2 Å². The molecule has 2 aromatic rings. The number of ether oxygens (including phenoxy) is 1. The van der Waals surface area contributed by atoms with Gasteiger partial charge in [-0.05, 0) is 38.3 Å². The molecule has 0 aliphatic rings. The first-order valence-corrected chi connectivity index (χ1v) is 7.50. The second-order valence-electron chi connectivity index (χ2n) is 6.71. The molecule has 0 atom stereocenters. The Labute approximate surface area is 147 Å². The maximum atomic E-state index is 11.9. The van der Waals surface area contributed by atoms with Crippen molar-refractivity contribution in [1.82, 2.24) is 0 Å². The molecule has 9 heteroatoms. The third-order valence-electron chi connectivity index (χ3n) is 3.67. The van der Waals surface area contributed by atoms with Crippen molar-refractivity contribution >= 4 is 28.4 Å². The van der Waals surface area contributed by atoms with Crippen molar-refractivity contribution in [1.29, 1.82) is 0 Å². The summed E-state index contributed by atoms with van der Waals surface area (Å²) in [6, 6.07) is 3.24. The van der Waals surface area contributed by atoms with Crippen LogP contribution in [0.3, 0.4) is 0 Å². The number of aromatic hydroxyl groups is 2. The molecule has 0 spiro atoms. The van der Waals surface area contributed by atoms with Crippen molar-refractivity contribution in [3.05, 3.63) is 39.4 Å². The van der Waals surface area contributed by atoms with Crippen LogP contribution in [0.5, 0.6) is 11.5 Å². The first-order valence-electron chi connectivity index (χ1n) is 7.50. The van der Waals surface area contributed by atoms with Gasteiger partial charge in [0, 0.05) is 11.5 Å². The number of phenolic OH excluding ortho intramolecular Hbond substituents is 1. The van der Waals surface area contributed by atoms with E-state index in [0.717, 1.165) is 18.2 Å². The van der Waals surface area contributed by atoms with Gasteiger partial charge in [-0.15, -0.1) is 0 Å². The molecule has 0 radical (unpaired) electrons. The summed E-state index contributed by atoms with van der Waals surface area (Å²) in [6.45, 7) is 4.41. The van der Waals surface area contributed by atoms with E-state index in [2.05, 4.69) is 0 Å². The van der Waals surface area contributed by atoms with Gasteiger partial charge >= 0.3 is 11.9 Å². The number of nitro benzene ring substituents is 1. The highest BCUT2D eigenvalue weighted by Crippen LogP contribution is 2.38. The van der Waals surface area contributed by atoms with Crippen molar-refractivity contribution in [3.8, 4) is 11.5 Å². The molecule has 2 rings (SSSR count). The van der Waals surface area contributed by atoms with Gasteiger partial charge in [0.1, 0.15) is 12.2 Å². The molecule has 0 bridgehead atoms. The Hall–Kier alpha value is -3.36. The van der Waals surface area contributed by atoms with Crippen LogP contribution in [0.2, 0.25) is 0 Å². The highest BCUT2D eigenvalue weighted by molar-refractivity contribution is 6.08. The van der Waals surface area contributed by atoms with E-state index in [1.807, 2.05) is 0 Å². The quantitative estimate of drug-likeness (QED) is 0.325. The highest BCUT2D eigenvalue weighted by Gasteiger charge is 2.26.